The quantitative estimate of drug-likeness (QED) is 0.445. The first-order valence-corrected chi connectivity index (χ1v) is 12.0. The van der Waals surface area contributed by atoms with Crippen molar-refractivity contribution in [3.63, 3.8) is 0 Å². The Kier molecular flexibility index (Phi) is 8.68. The van der Waals surface area contributed by atoms with Crippen LogP contribution in [-0.2, 0) is 14.3 Å². The van der Waals surface area contributed by atoms with Crippen LogP contribution in [0.5, 0.6) is 0 Å². The molecule has 0 aromatic heterocycles. The smallest absolute Gasteiger partial charge is 0.407 e. The number of rotatable bonds is 11. The molecule has 2 atom stereocenters. The zero-order valence-electron chi connectivity index (χ0n) is 20.0. The molecular formula is C27H34N2O5. The summed E-state index contributed by atoms with van der Waals surface area (Å²) in [7, 11) is 0. The van der Waals surface area contributed by atoms with E-state index in [0.29, 0.717) is 6.42 Å². The van der Waals surface area contributed by atoms with Crippen LogP contribution in [0.3, 0.4) is 0 Å². The Labute approximate surface area is 200 Å². The summed E-state index contributed by atoms with van der Waals surface area (Å²) >= 11 is 0. The highest BCUT2D eigenvalue weighted by atomic mass is 16.5. The minimum Gasteiger partial charge on any atom is -0.480 e. The average Bonchev–Trinajstić information content (AvgIpc) is 3.13. The number of ether oxygens (including phenoxy) is 1. The van der Waals surface area contributed by atoms with Gasteiger partial charge >= 0.3 is 12.1 Å². The number of carboxylic acid groups (broad SMARTS) is 1. The van der Waals surface area contributed by atoms with Gasteiger partial charge in [-0.1, -0.05) is 82.1 Å². The number of carbonyl (C=O) groups excluding carboxylic acids is 2. The van der Waals surface area contributed by atoms with E-state index in [0.717, 1.165) is 35.1 Å². The van der Waals surface area contributed by atoms with Crippen LogP contribution in [-0.4, -0.2) is 41.8 Å². The van der Waals surface area contributed by atoms with Gasteiger partial charge in [-0.2, -0.15) is 0 Å². The van der Waals surface area contributed by atoms with Crippen molar-refractivity contribution in [1.82, 2.24) is 10.6 Å². The number of hydrogen-bond donors (Lipinski definition) is 3. The highest BCUT2D eigenvalue weighted by Crippen LogP contribution is 2.44. The van der Waals surface area contributed by atoms with Gasteiger partial charge in [-0.05, 0) is 34.6 Å². The highest BCUT2D eigenvalue weighted by Gasteiger charge is 2.30. The molecule has 2 aromatic carbocycles. The molecule has 0 heterocycles. The zero-order chi connectivity index (χ0) is 24.7. The van der Waals surface area contributed by atoms with Crippen LogP contribution in [0.15, 0.2) is 48.5 Å². The Morgan fingerprint density at radius 1 is 0.971 bits per heavy atom. The molecule has 3 rings (SSSR count). The van der Waals surface area contributed by atoms with Gasteiger partial charge in [-0.3, -0.25) is 4.79 Å². The summed E-state index contributed by atoms with van der Waals surface area (Å²) in [5.74, 6) is -1.76. The van der Waals surface area contributed by atoms with E-state index in [2.05, 4.69) is 34.9 Å². The number of nitrogens with one attached hydrogen (secondary N) is 2. The number of aliphatic carboxylic acids is 1. The molecule has 2 amide bonds. The fraction of sp³-hybridized carbons (Fsp3) is 0.444. The van der Waals surface area contributed by atoms with Crippen molar-refractivity contribution in [2.45, 2.75) is 64.5 Å². The lowest BCUT2D eigenvalue weighted by Gasteiger charge is -2.22. The summed E-state index contributed by atoms with van der Waals surface area (Å²) in [5, 5.41) is 14.7. The molecule has 3 N–H and O–H groups in total. The van der Waals surface area contributed by atoms with E-state index in [-0.39, 0.29) is 24.9 Å². The number of carboxylic acids is 1. The Bertz CT molecular complexity index is 974. The van der Waals surface area contributed by atoms with Gasteiger partial charge < -0.3 is 20.5 Å². The first kappa shape index (κ1) is 25.3. The maximum Gasteiger partial charge on any atom is 0.407 e. The van der Waals surface area contributed by atoms with Gasteiger partial charge in [0.05, 0.1) is 0 Å². The zero-order valence-corrected chi connectivity index (χ0v) is 20.0. The molecule has 34 heavy (non-hydrogen) atoms. The molecule has 0 bridgehead atoms. The number of hydrogen-bond acceptors (Lipinski definition) is 4. The van der Waals surface area contributed by atoms with Gasteiger partial charge in [0.1, 0.15) is 12.6 Å². The Morgan fingerprint density at radius 2 is 1.56 bits per heavy atom. The number of benzene rings is 2. The number of carbonyl (C=O) groups is 3. The molecule has 0 saturated heterocycles. The Balaban J connectivity index is 1.61. The maximum atomic E-state index is 12.7. The average molecular weight is 467 g/mol. The topological polar surface area (TPSA) is 105 Å². The largest absolute Gasteiger partial charge is 0.480 e. The van der Waals surface area contributed by atoms with Crippen LogP contribution >= 0.6 is 0 Å². The van der Waals surface area contributed by atoms with Crippen molar-refractivity contribution >= 4 is 18.0 Å². The molecule has 182 valence electrons. The third-order valence-corrected chi connectivity index (χ3v) is 6.25. The lowest BCUT2D eigenvalue weighted by Crippen LogP contribution is -2.47. The van der Waals surface area contributed by atoms with E-state index >= 15 is 0 Å². The fourth-order valence-electron chi connectivity index (χ4n) is 4.45. The summed E-state index contributed by atoms with van der Waals surface area (Å²) in [4.78, 5) is 36.5. The molecule has 7 nitrogen and oxygen atoms in total. The van der Waals surface area contributed by atoms with Gasteiger partial charge in [0, 0.05) is 18.4 Å². The first-order valence-electron chi connectivity index (χ1n) is 12.0. The minimum absolute atomic E-state index is 0.000690. The number of alkyl carbamates (subject to hydrolysis) is 1. The van der Waals surface area contributed by atoms with Crippen molar-refractivity contribution in [2.24, 2.45) is 5.92 Å². The van der Waals surface area contributed by atoms with Crippen LogP contribution in [0.25, 0.3) is 11.1 Å². The van der Waals surface area contributed by atoms with Crippen LogP contribution < -0.4 is 10.6 Å². The fourth-order valence-corrected chi connectivity index (χ4v) is 4.45. The second-order valence-electron chi connectivity index (χ2n) is 9.14. The van der Waals surface area contributed by atoms with Gasteiger partial charge in [0.2, 0.25) is 5.91 Å². The lowest BCUT2D eigenvalue weighted by atomic mass is 9.98. The van der Waals surface area contributed by atoms with Crippen LogP contribution in [0.4, 0.5) is 4.79 Å². The molecule has 7 heteroatoms. The van der Waals surface area contributed by atoms with E-state index in [9.17, 15) is 19.5 Å². The van der Waals surface area contributed by atoms with Crippen LogP contribution in [0.1, 0.15) is 63.5 Å². The molecule has 0 aliphatic heterocycles. The van der Waals surface area contributed by atoms with E-state index < -0.39 is 30.1 Å². The predicted octanol–water partition coefficient (Wildman–Crippen LogP) is 4.70. The van der Waals surface area contributed by atoms with Crippen LogP contribution in [0, 0.1) is 5.92 Å². The summed E-state index contributed by atoms with van der Waals surface area (Å²) in [6, 6.07) is 14.9. The van der Waals surface area contributed by atoms with Crippen LogP contribution in [0.2, 0.25) is 0 Å². The number of fused-ring (bicyclic) bond motifs is 3. The molecule has 0 unspecified atom stereocenters. The van der Waals surface area contributed by atoms with Gasteiger partial charge in [0.15, 0.2) is 0 Å². The monoisotopic (exact) mass is 466 g/mol. The highest BCUT2D eigenvalue weighted by molar-refractivity contribution is 5.84. The lowest BCUT2D eigenvalue weighted by molar-refractivity contribution is -0.143. The normalized spacial score (nSPS) is 14.1. The van der Waals surface area contributed by atoms with Gasteiger partial charge in [0.25, 0.3) is 0 Å². The molecule has 2 aromatic rings. The second kappa shape index (κ2) is 11.7. The Hall–Kier alpha value is -3.35. The third-order valence-electron chi connectivity index (χ3n) is 6.25. The van der Waals surface area contributed by atoms with Gasteiger partial charge in [-0.25, -0.2) is 9.59 Å². The second-order valence-corrected chi connectivity index (χ2v) is 9.14. The summed E-state index contributed by atoms with van der Waals surface area (Å²) in [6.07, 6.45) is 1.77. The molecular weight excluding hydrogens is 432 g/mol. The molecule has 0 spiro atoms. The molecule has 0 saturated carbocycles. The Morgan fingerprint density at radius 3 is 2.09 bits per heavy atom. The van der Waals surface area contributed by atoms with Gasteiger partial charge in [-0.15, -0.1) is 0 Å². The summed E-state index contributed by atoms with van der Waals surface area (Å²) < 4.78 is 5.61. The molecule has 1 aliphatic rings. The molecule has 0 fully saturated rings. The SMILES string of the molecule is CCCC[C@H](CC(=O)N[C@H](C(=O)O)C(C)C)NC(=O)OCC1c2ccccc2-c2ccccc21. The molecule has 1 aliphatic carbocycles. The number of unbranched alkanes of at least 4 members (excludes halogenated alkanes) is 1. The minimum atomic E-state index is -1.07. The standard InChI is InChI=1S/C27H34N2O5/c1-4-5-10-18(15-24(30)29-25(17(2)3)26(31)32)28-27(33)34-16-23-21-13-8-6-11-19(21)20-12-7-9-14-22(20)23/h6-9,11-14,17-18,23,25H,4-5,10,15-16H2,1-3H3,(H,28,33)(H,29,30)(H,31,32)/t18-,25+/m1/s1. The van der Waals surface area contributed by atoms with E-state index in [1.807, 2.05) is 31.2 Å². The first-order chi connectivity index (χ1) is 16.3. The van der Waals surface area contributed by atoms with E-state index in [4.69, 9.17) is 4.74 Å². The number of amides is 2. The summed E-state index contributed by atoms with van der Waals surface area (Å²) in [6.45, 7) is 5.70. The van der Waals surface area contributed by atoms with Crippen molar-refractivity contribution in [1.29, 1.82) is 0 Å². The molecule has 0 radical (unpaired) electrons. The predicted molar refractivity (Wildman–Crippen MR) is 131 cm³/mol. The van der Waals surface area contributed by atoms with E-state index in [1.54, 1.807) is 13.8 Å². The van der Waals surface area contributed by atoms with Crippen molar-refractivity contribution in [2.75, 3.05) is 6.61 Å². The third kappa shape index (κ3) is 6.16. The maximum absolute atomic E-state index is 12.7. The van der Waals surface area contributed by atoms with Crippen molar-refractivity contribution in [3.8, 4) is 11.1 Å². The van der Waals surface area contributed by atoms with E-state index in [1.165, 1.54) is 0 Å². The van der Waals surface area contributed by atoms with Crippen molar-refractivity contribution in [3.05, 3.63) is 59.7 Å². The summed E-state index contributed by atoms with van der Waals surface area (Å²) in [5.41, 5.74) is 4.57. The van der Waals surface area contributed by atoms with Crippen molar-refractivity contribution < 1.29 is 24.2 Å².